The second kappa shape index (κ2) is 9.39. The van der Waals surface area contributed by atoms with Gasteiger partial charge in [0, 0.05) is 11.0 Å². The average molecular weight is 460 g/mol. The lowest BCUT2D eigenvalue weighted by atomic mass is 10.1. The molecule has 28 heavy (non-hydrogen) atoms. The Bertz CT molecular complexity index is 1040. The fraction of sp³-hybridized carbons (Fsp3) is 0.286. The molecular weight excluding hydrogens is 438 g/mol. The van der Waals surface area contributed by atoms with Crippen molar-refractivity contribution in [1.82, 2.24) is 9.55 Å². The fourth-order valence-corrected chi connectivity index (χ4v) is 4.44. The Morgan fingerprint density at radius 2 is 1.96 bits per heavy atom. The first-order chi connectivity index (χ1) is 13.5. The Kier molecular flexibility index (Phi) is 6.91. The topological polar surface area (TPSA) is 78.0 Å². The Morgan fingerprint density at radius 3 is 2.64 bits per heavy atom. The third-order valence-electron chi connectivity index (χ3n) is 4.45. The number of halogens is 1. The van der Waals surface area contributed by atoms with Gasteiger partial charge in [-0.25, -0.2) is 4.98 Å². The van der Waals surface area contributed by atoms with Crippen molar-refractivity contribution in [2.45, 2.75) is 43.1 Å². The molecule has 1 heterocycles. The van der Waals surface area contributed by atoms with Gasteiger partial charge in [-0.15, -0.1) is 0 Å². The minimum Gasteiger partial charge on any atom is -0.368 e. The number of primary amides is 1. The molecule has 3 rings (SSSR count). The quantitative estimate of drug-likeness (QED) is 0.301. The third-order valence-corrected chi connectivity index (χ3v) is 6.21. The van der Waals surface area contributed by atoms with E-state index in [9.17, 15) is 9.59 Å². The highest BCUT2D eigenvalue weighted by Crippen LogP contribution is 2.34. The lowest BCUT2D eigenvalue weighted by molar-refractivity contribution is -0.117. The second-order valence-corrected chi connectivity index (χ2v) is 8.52. The average Bonchev–Trinajstić information content (AvgIpc) is 2.69. The van der Waals surface area contributed by atoms with Crippen LogP contribution in [0.2, 0.25) is 0 Å². The molecule has 0 saturated heterocycles. The zero-order valence-electron chi connectivity index (χ0n) is 15.6. The van der Waals surface area contributed by atoms with Gasteiger partial charge in [0.1, 0.15) is 5.25 Å². The maximum atomic E-state index is 13.2. The Hall–Kier alpha value is -2.12. The summed E-state index contributed by atoms with van der Waals surface area (Å²) in [4.78, 5) is 30.0. The smallest absolute Gasteiger partial charge is 0.262 e. The Balaban J connectivity index is 2.09. The molecule has 2 aromatic carbocycles. The Morgan fingerprint density at radius 1 is 1.21 bits per heavy atom. The highest BCUT2D eigenvalue weighted by atomic mass is 79.9. The Labute approximate surface area is 176 Å². The molecule has 0 aliphatic heterocycles. The van der Waals surface area contributed by atoms with Crippen LogP contribution in [0.5, 0.6) is 0 Å². The number of thioether (sulfide) groups is 1. The van der Waals surface area contributed by atoms with Crippen molar-refractivity contribution >= 4 is 44.5 Å². The minimum atomic E-state index is -0.613. The van der Waals surface area contributed by atoms with Crippen LogP contribution in [0.1, 0.15) is 37.0 Å². The van der Waals surface area contributed by atoms with Crippen LogP contribution in [0.4, 0.5) is 0 Å². The highest BCUT2D eigenvalue weighted by molar-refractivity contribution is 9.10. The summed E-state index contributed by atoms with van der Waals surface area (Å²) in [5.41, 5.74) is 6.99. The van der Waals surface area contributed by atoms with Gasteiger partial charge in [-0.1, -0.05) is 77.8 Å². The molecule has 146 valence electrons. The van der Waals surface area contributed by atoms with Crippen molar-refractivity contribution < 1.29 is 4.79 Å². The van der Waals surface area contributed by atoms with E-state index in [1.165, 1.54) is 11.8 Å². The lowest BCUT2D eigenvalue weighted by Gasteiger charge is -2.17. The molecule has 7 heteroatoms. The molecule has 3 aromatic rings. The van der Waals surface area contributed by atoms with Gasteiger partial charge >= 0.3 is 0 Å². The van der Waals surface area contributed by atoms with E-state index in [0.717, 1.165) is 29.3 Å². The van der Waals surface area contributed by atoms with Crippen LogP contribution in [0.15, 0.2) is 63.0 Å². The molecule has 1 amide bonds. The number of nitrogens with zero attached hydrogens (tertiary/aromatic N) is 2. The van der Waals surface area contributed by atoms with E-state index in [1.807, 2.05) is 42.5 Å². The van der Waals surface area contributed by atoms with Crippen molar-refractivity contribution in [3.63, 3.8) is 0 Å². The SMILES string of the molecule is CCCCCn1c(SC(C(N)=O)c2ccccc2)nc2ccc(Br)cc2c1=O. The van der Waals surface area contributed by atoms with Crippen LogP contribution in [-0.4, -0.2) is 15.5 Å². The molecule has 1 unspecified atom stereocenters. The van der Waals surface area contributed by atoms with Gasteiger partial charge in [-0.05, 0) is 30.2 Å². The van der Waals surface area contributed by atoms with Gasteiger partial charge in [-0.3, -0.25) is 14.2 Å². The summed E-state index contributed by atoms with van der Waals surface area (Å²) in [5.74, 6) is -0.457. The predicted molar refractivity (Wildman–Crippen MR) is 117 cm³/mol. The van der Waals surface area contributed by atoms with Crippen molar-refractivity contribution in [2.24, 2.45) is 5.73 Å². The number of aromatic nitrogens is 2. The molecule has 1 aromatic heterocycles. The number of unbranched alkanes of at least 4 members (excludes halogenated alkanes) is 2. The normalized spacial score (nSPS) is 12.2. The van der Waals surface area contributed by atoms with Crippen LogP contribution in [-0.2, 0) is 11.3 Å². The fourth-order valence-electron chi connectivity index (χ4n) is 3.00. The van der Waals surface area contributed by atoms with E-state index < -0.39 is 11.2 Å². The van der Waals surface area contributed by atoms with Gasteiger partial charge in [-0.2, -0.15) is 0 Å². The molecule has 0 saturated carbocycles. The van der Waals surface area contributed by atoms with E-state index in [4.69, 9.17) is 10.7 Å². The maximum Gasteiger partial charge on any atom is 0.262 e. The number of carbonyl (C=O) groups is 1. The molecule has 0 aliphatic rings. The summed E-state index contributed by atoms with van der Waals surface area (Å²) in [6.07, 6.45) is 2.94. The zero-order chi connectivity index (χ0) is 20.1. The number of fused-ring (bicyclic) bond motifs is 1. The number of hydrogen-bond acceptors (Lipinski definition) is 4. The number of rotatable bonds is 8. The van der Waals surface area contributed by atoms with E-state index in [0.29, 0.717) is 22.6 Å². The molecule has 0 aliphatic carbocycles. The highest BCUT2D eigenvalue weighted by Gasteiger charge is 2.23. The number of carbonyl (C=O) groups excluding carboxylic acids is 1. The van der Waals surface area contributed by atoms with Gasteiger partial charge in [0.05, 0.1) is 10.9 Å². The molecule has 0 radical (unpaired) electrons. The van der Waals surface area contributed by atoms with Crippen LogP contribution in [0.3, 0.4) is 0 Å². The van der Waals surface area contributed by atoms with E-state index >= 15 is 0 Å². The van der Waals surface area contributed by atoms with E-state index in [1.54, 1.807) is 10.6 Å². The summed E-state index contributed by atoms with van der Waals surface area (Å²) in [5, 5.41) is 0.465. The van der Waals surface area contributed by atoms with Crippen LogP contribution >= 0.6 is 27.7 Å². The van der Waals surface area contributed by atoms with Crippen LogP contribution in [0, 0.1) is 0 Å². The van der Waals surface area contributed by atoms with Crippen molar-refractivity contribution in [1.29, 1.82) is 0 Å². The van der Waals surface area contributed by atoms with Crippen LogP contribution < -0.4 is 11.3 Å². The number of nitrogens with two attached hydrogens (primary N) is 1. The monoisotopic (exact) mass is 459 g/mol. The molecule has 0 spiro atoms. The minimum absolute atomic E-state index is 0.0961. The lowest BCUT2D eigenvalue weighted by Crippen LogP contribution is -2.25. The molecule has 0 bridgehead atoms. The van der Waals surface area contributed by atoms with Crippen molar-refractivity contribution in [3.8, 4) is 0 Å². The summed E-state index contributed by atoms with van der Waals surface area (Å²) in [6, 6.07) is 14.8. The molecule has 0 fully saturated rings. The first-order valence-corrected chi connectivity index (χ1v) is 10.9. The van der Waals surface area contributed by atoms with E-state index in [2.05, 4.69) is 22.9 Å². The standard InChI is InChI=1S/C21H22BrN3O2S/c1-2-3-7-12-25-20(27)16-13-15(22)10-11-17(16)24-21(25)28-18(19(23)26)14-8-5-4-6-9-14/h4-6,8-11,13,18H,2-3,7,12H2,1H3,(H2,23,26). The first kappa shape index (κ1) is 20.6. The molecular formula is C21H22BrN3O2S. The summed E-state index contributed by atoms with van der Waals surface area (Å²) in [6.45, 7) is 2.68. The molecule has 1 atom stereocenters. The summed E-state index contributed by atoms with van der Waals surface area (Å²) in [7, 11) is 0. The second-order valence-electron chi connectivity index (χ2n) is 6.53. The molecule has 5 nitrogen and oxygen atoms in total. The number of hydrogen-bond donors (Lipinski definition) is 1. The van der Waals surface area contributed by atoms with Gasteiger partial charge in [0.2, 0.25) is 5.91 Å². The van der Waals surface area contributed by atoms with E-state index in [-0.39, 0.29) is 5.56 Å². The van der Waals surface area contributed by atoms with Crippen molar-refractivity contribution in [2.75, 3.05) is 0 Å². The summed E-state index contributed by atoms with van der Waals surface area (Å²) >= 11 is 4.65. The van der Waals surface area contributed by atoms with Crippen molar-refractivity contribution in [3.05, 3.63) is 68.9 Å². The first-order valence-electron chi connectivity index (χ1n) is 9.22. The maximum absolute atomic E-state index is 13.2. The largest absolute Gasteiger partial charge is 0.368 e. The third kappa shape index (κ3) is 4.64. The predicted octanol–water partition coefficient (Wildman–Crippen LogP) is 4.67. The number of amides is 1. The van der Waals surface area contributed by atoms with Crippen LogP contribution in [0.25, 0.3) is 10.9 Å². The summed E-state index contributed by atoms with van der Waals surface area (Å²) < 4.78 is 2.51. The van der Waals surface area contributed by atoms with Gasteiger partial charge < -0.3 is 5.73 Å². The van der Waals surface area contributed by atoms with Gasteiger partial charge in [0.15, 0.2) is 5.16 Å². The molecule has 2 N–H and O–H groups in total. The zero-order valence-corrected chi connectivity index (χ0v) is 18.0. The van der Waals surface area contributed by atoms with Gasteiger partial charge in [0.25, 0.3) is 5.56 Å². The number of benzene rings is 2.